The van der Waals surface area contributed by atoms with Gasteiger partial charge in [0.05, 0.1) is 6.04 Å². The molecule has 3 N–H and O–H groups in total. The van der Waals surface area contributed by atoms with E-state index in [1.807, 2.05) is 13.0 Å². The van der Waals surface area contributed by atoms with Gasteiger partial charge in [-0.25, -0.2) is 0 Å². The van der Waals surface area contributed by atoms with Crippen LogP contribution in [-0.2, 0) is 12.8 Å². The molecule has 3 heteroatoms. The maximum atomic E-state index is 6.32. The molecule has 0 aliphatic carbocycles. The Labute approximate surface area is 125 Å². The molecule has 2 aromatic carbocycles. The zero-order chi connectivity index (χ0) is 14.5. The van der Waals surface area contributed by atoms with Gasteiger partial charge in [0.1, 0.15) is 0 Å². The average Bonchev–Trinajstić information content (AvgIpc) is 2.46. The van der Waals surface area contributed by atoms with Crippen molar-refractivity contribution in [3.8, 4) is 0 Å². The van der Waals surface area contributed by atoms with E-state index in [1.54, 1.807) is 0 Å². The van der Waals surface area contributed by atoms with Gasteiger partial charge in [0.15, 0.2) is 0 Å². The first-order valence-electron chi connectivity index (χ1n) is 6.94. The quantitative estimate of drug-likeness (QED) is 0.646. The minimum Gasteiger partial charge on any atom is -0.271 e. The summed E-state index contributed by atoms with van der Waals surface area (Å²) in [5, 5.41) is 0.805. The lowest BCUT2D eigenvalue weighted by molar-refractivity contribution is 0.548. The lowest BCUT2D eigenvalue weighted by atomic mass is 9.94. The van der Waals surface area contributed by atoms with Crippen molar-refractivity contribution in [3.05, 3.63) is 69.7 Å². The summed E-state index contributed by atoms with van der Waals surface area (Å²) in [6.45, 7) is 4.20. The van der Waals surface area contributed by atoms with Gasteiger partial charge in [-0.2, -0.15) is 0 Å². The molecule has 0 saturated carbocycles. The van der Waals surface area contributed by atoms with Crippen molar-refractivity contribution in [1.82, 2.24) is 5.43 Å². The van der Waals surface area contributed by atoms with E-state index in [1.165, 1.54) is 16.7 Å². The first-order chi connectivity index (χ1) is 9.65. The zero-order valence-electron chi connectivity index (χ0n) is 12.0. The van der Waals surface area contributed by atoms with E-state index in [-0.39, 0.29) is 6.04 Å². The summed E-state index contributed by atoms with van der Waals surface area (Å²) in [5.74, 6) is 5.76. The molecule has 2 aromatic rings. The van der Waals surface area contributed by atoms with Gasteiger partial charge in [-0.15, -0.1) is 0 Å². The molecule has 2 rings (SSSR count). The first-order valence-corrected chi connectivity index (χ1v) is 7.32. The number of benzene rings is 2. The molecule has 2 nitrogen and oxygen atoms in total. The fourth-order valence-corrected chi connectivity index (χ4v) is 2.80. The third kappa shape index (κ3) is 3.40. The summed E-state index contributed by atoms with van der Waals surface area (Å²) in [6.07, 6.45) is 1.78. The van der Waals surface area contributed by atoms with E-state index in [9.17, 15) is 0 Å². The van der Waals surface area contributed by atoms with Crippen molar-refractivity contribution in [2.24, 2.45) is 5.84 Å². The van der Waals surface area contributed by atoms with Gasteiger partial charge < -0.3 is 0 Å². The molecule has 20 heavy (non-hydrogen) atoms. The fraction of sp³-hybridized carbons (Fsp3) is 0.294. The number of rotatable bonds is 5. The molecular formula is C17H21ClN2. The largest absolute Gasteiger partial charge is 0.271 e. The highest BCUT2D eigenvalue weighted by Crippen LogP contribution is 2.26. The van der Waals surface area contributed by atoms with Gasteiger partial charge in [-0.05, 0) is 48.1 Å². The predicted octanol–water partition coefficient (Wildman–Crippen LogP) is 3.96. The second kappa shape index (κ2) is 6.89. The van der Waals surface area contributed by atoms with Gasteiger partial charge >= 0.3 is 0 Å². The van der Waals surface area contributed by atoms with E-state index in [0.29, 0.717) is 0 Å². The summed E-state index contributed by atoms with van der Waals surface area (Å²) in [7, 11) is 0. The third-order valence-electron chi connectivity index (χ3n) is 3.65. The molecule has 0 amide bonds. The van der Waals surface area contributed by atoms with Crippen LogP contribution >= 0.6 is 11.6 Å². The molecular weight excluding hydrogens is 268 g/mol. The Morgan fingerprint density at radius 2 is 1.90 bits per heavy atom. The van der Waals surface area contributed by atoms with Crippen LogP contribution in [-0.4, -0.2) is 0 Å². The fourth-order valence-electron chi connectivity index (χ4n) is 2.49. The normalized spacial score (nSPS) is 12.4. The first kappa shape index (κ1) is 15.0. The molecule has 0 aliphatic rings. The van der Waals surface area contributed by atoms with Crippen LogP contribution in [0.3, 0.4) is 0 Å². The van der Waals surface area contributed by atoms with Crippen LogP contribution in [0.4, 0.5) is 0 Å². The van der Waals surface area contributed by atoms with E-state index in [4.69, 9.17) is 17.4 Å². The number of hydrazine groups is 1. The van der Waals surface area contributed by atoms with Crippen molar-refractivity contribution in [3.63, 3.8) is 0 Å². The highest BCUT2D eigenvalue weighted by Gasteiger charge is 2.15. The zero-order valence-corrected chi connectivity index (χ0v) is 12.7. The van der Waals surface area contributed by atoms with Gasteiger partial charge in [0, 0.05) is 5.02 Å². The highest BCUT2D eigenvalue weighted by atomic mass is 35.5. The molecule has 1 atom stereocenters. The maximum Gasteiger partial charge on any atom is 0.0503 e. The van der Waals surface area contributed by atoms with Crippen LogP contribution < -0.4 is 11.3 Å². The molecule has 0 aliphatic heterocycles. The number of hydrogen-bond donors (Lipinski definition) is 2. The highest BCUT2D eigenvalue weighted by molar-refractivity contribution is 6.31. The SMILES string of the molecule is CCc1ccccc1C(Cc1ccc(C)cc1Cl)NN. The average molecular weight is 289 g/mol. The number of nitrogens with one attached hydrogen (secondary N) is 1. The molecule has 0 radical (unpaired) electrons. The Morgan fingerprint density at radius 1 is 1.15 bits per heavy atom. The van der Waals surface area contributed by atoms with Crippen molar-refractivity contribution in [2.45, 2.75) is 32.7 Å². The molecule has 0 spiro atoms. The monoisotopic (exact) mass is 288 g/mol. The maximum absolute atomic E-state index is 6.32. The lowest BCUT2D eigenvalue weighted by Gasteiger charge is -2.20. The molecule has 1 unspecified atom stereocenters. The van der Waals surface area contributed by atoms with Gasteiger partial charge in [-0.1, -0.05) is 54.9 Å². The van der Waals surface area contributed by atoms with Crippen LogP contribution in [0.2, 0.25) is 5.02 Å². The van der Waals surface area contributed by atoms with Gasteiger partial charge in [0.2, 0.25) is 0 Å². The molecule has 0 heterocycles. The Hall–Kier alpha value is -1.35. The van der Waals surface area contributed by atoms with E-state index in [0.717, 1.165) is 23.4 Å². The van der Waals surface area contributed by atoms with E-state index >= 15 is 0 Å². The summed E-state index contributed by atoms with van der Waals surface area (Å²) in [6, 6.07) is 14.6. The number of aryl methyl sites for hydroxylation is 2. The van der Waals surface area contributed by atoms with Crippen LogP contribution in [0, 0.1) is 6.92 Å². The molecule has 106 valence electrons. The van der Waals surface area contributed by atoms with Crippen LogP contribution in [0.25, 0.3) is 0 Å². The standard InChI is InChI=1S/C17H21ClN2/c1-3-13-6-4-5-7-15(13)17(20-19)11-14-9-8-12(2)10-16(14)18/h4-10,17,20H,3,11,19H2,1-2H3. The number of halogens is 1. The third-order valence-corrected chi connectivity index (χ3v) is 4.00. The summed E-state index contributed by atoms with van der Waals surface area (Å²) < 4.78 is 0. The Bertz CT molecular complexity index is 581. The number of nitrogens with two attached hydrogens (primary N) is 1. The van der Waals surface area contributed by atoms with Crippen molar-refractivity contribution < 1.29 is 0 Å². The summed E-state index contributed by atoms with van der Waals surface area (Å²) in [4.78, 5) is 0. The van der Waals surface area contributed by atoms with Crippen LogP contribution in [0.1, 0.15) is 35.2 Å². The molecule has 0 saturated heterocycles. The van der Waals surface area contributed by atoms with Crippen molar-refractivity contribution in [2.75, 3.05) is 0 Å². The Balaban J connectivity index is 2.29. The van der Waals surface area contributed by atoms with E-state index < -0.39 is 0 Å². The lowest BCUT2D eigenvalue weighted by Crippen LogP contribution is -2.30. The minimum atomic E-state index is 0.0753. The van der Waals surface area contributed by atoms with E-state index in [2.05, 4.69) is 48.7 Å². The number of hydrogen-bond acceptors (Lipinski definition) is 2. The molecule has 0 aromatic heterocycles. The Morgan fingerprint density at radius 3 is 2.55 bits per heavy atom. The van der Waals surface area contributed by atoms with Crippen molar-refractivity contribution in [1.29, 1.82) is 0 Å². The van der Waals surface area contributed by atoms with Crippen LogP contribution in [0.5, 0.6) is 0 Å². The Kier molecular flexibility index (Phi) is 5.18. The predicted molar refractivity (Wildman–Crippen MR) is 85.8 cm³/mol. The van der Waals surface area contributed by atoms with Crippen LogP contribution in [0.15, 0.2) is 42.5 Å². The second-order valence-electron chi connectivity index (χ2n) is 5.07. The second-order valence-corrected chi connectivity index (χ2v) is 5.48. The molecule has 0 bridgehead atoms. The summed E-state index contributed by atoms with van der Waals surface area (Å²) in [5.41, 5.74) is 7.78. The van der Waals surface area contributed by atoms with Gasteiger partial charge in [-0.3, -0.25) is 11.3 Å². The smallest absolute Gasteiger partial charge is 0.0503 e. The molecule has 0 fully saturated rings. The topological polar surface area (TPSA) is 38.0 Å². The summed E-state index contributed by atoms with van der Waals surface area (Å²) >= 11 is 6.32. The van der Waals surface area contributed by atoms with Gasteiger partial charge in [0.25, 0.3) is 0 Å². The minimum absolute atomic E-state index is 0.0753. The van der Waals surface area contributed by atoms with Crippen molar-refractivity contribution >= 4 is 11.6 Å².